The summed E-state index contributed by atoms with van der Waals surface area (Å²) in [5.41, 5.74) is 5.55. The molecule has 0 rings (SSSR count). The largest absolute Gasteiger partial charge is 0.411 e. The van der Waals surface area contributed by atoms with E-state index in [1.807, 2.05) is 13.8 Å². The number of alkyl halides is 3. The summed E-state index contributed by atoms with van der Waals surface area (Å²) in [5, 5.41) is 0. The number of halogens is 3. The third-order valence-corrected chi connectivity index (χ3v) is 2.44. The number of nitrogens with two attached hydrogens (primary N) is 1. The second kappa shape index (κ2) is 7.09. The molecule has 0 aliphatic rings. The zero-order valence-electron chi connectivity index (χ0n) is 9.77. The van der Waals surface area contributed by atoms with E-state index in [0.29, 0.717) is 6.61 Å². The van der Waals surface area contributed by atoms with Gasteiger partial charge >= 0.3 is 6.18 Å². The predicted octanol–water partition coefficient (Wildman–Crippen LogP) is 2.10. The molecule has 0 spiro atoms. The second-order valence-corrected chi connectivity index (χ2v) is 3.79. The van der Waals surface area contributed by atoms with Gasteiger partial charge in [-0.2, -0.15) is 13.2 Å². The van der Waals surface area contributed by atoms with Crippen molar-refractivity contribution in [2.75, 3.05) is 26.4 Å². The van der Waals surface area contributed by atoms with Crippen molar-refractivity contribution in [2.45, 2.75) is 38.4 Å². The highest BCUT2D eigenvalue weighted by atomic mass is 19.4. The Bertz CT molecular complexity index is 181. The highest BCUT2D eigenvalue weighted by Gasteiger charge is 2.27. The van der Waals surface area contributed by atoms with Gasteiger partial charge in [-0.15, -0.1) is 0 Å². The minimum atomic E-state index is -4.27. The fourth-order valence-electron chi connectivity index (χ4n) is 1.04. The number of hydrogen-bond acceptors (Lipinski definition) is 3. The van der Waals surface area contributed by atoms with Gasteiger partial charge in [0, 0.05) is 5.54 Å². The second-order valence-electron chi connectivity index (χ2n) is 3.79. The molecule has 0 aliphatic heterocycles. The molecular weight excluding hydrogens is 223 g/mol. The highest BCUT2D eigenvalue weighted by Crippen LogP contribution is 2.14. The van der Waals surface area contributed by atoms with E-state index in [1.54, 1.807) is 0 Å². The van der Waals surface area contributed by atoms with Crippen LogP contribution in [-0.2, 0) is 9.47 Å². The third-order valence-electron chi connectivity index (χ3n) is 2.44. The molecule has 0 saturated heterocycles. The van der Waals surface area contributed by atoms with Crippen LogP contribution in [0, 0.1) is 0 Å². The Morgan fingerprint density at radius 1 is 0.938 bits per heavy atom. The summed E-state index contributed by atoms with van der Waals surface area (Å²) in [6, 6.07) is 0. The maximum Gasteiger partial charge on any atom is 0.411 e. The molecule has 6 heteroatoms. The van der Waals surface area contributed by atoms with Crippen LogP contribution in [-0.4, -0.2) is 38.1 Å². The molecule has 0 heterocycles. The minimum Gasteiger partial charge on any atom is -0.377 e. The van der Waals surface area contributed by atoms with Gasteiger partial charge in [0.05, 0.1) is 19.8 Å². The lowest BCUT2D eigenvalue weighted by atomic mass is 9.96. The van der Waals surface area contributed by atoms with Crippen molar-refractivity contribution >= 4 is 0 Å². The van der Waals surface area contributed by atoms with E-state index >= 15 is 0 Å². The van der Waals surface area contributed by atoms with Gasteiger partial charge in [0.1, 0.15) is 6.61 Å². The first kappa shape index (κ1) is 15.7. The van der Waals surface area contributed by atoms with Gasteiger partial charge in [-0.1, -0.05) is 13.8 Å². The first-order chi connectivity index (χ1) is 7.33. The van der Waals surface area contributed by atoms with E-state index < -0.39 is 12.8 Å². The molecule has 3 nitrogen and oxygen atoms in total. The molecule has 0 bridgehead atoms. The lowest BCUT2D eigenvalue weighted by Gasteiger charge is -2.26. The van der Waals surface area contributed by atoms with E-state index in [2.05, 4.69) is 4.74 Å². The molecule has 0 saturated carbocycles. The van der Waals surface area contributed by atoms with E-state index in [0.717, 1.165) is 12.8 Å². The monoisotopic (exact) mass is 243 g/mol. The Hall–Kier alpha value is -0.330. The summed E-state index contributed by atoms with van der Waals surface area (Å²) < 4.78 is 44.6. The van der Waals surface area contributed by atoms with Crippen LogP contribution in [0.25, 0.3) is 0 Å². The normalized spacial score (nSPS) is 13.1. The van der Waals surface area contributed by atoms with Crippen molar-refractivity contribution in [2.24, 2.45) is 5.73 Å². The zero-order valence-corrected chi connectivity index (χ0v) is 9.77. The van der Waals surface area contributed by atoms with Crippen molar-refractivity contribution in [3.8, 4) is 0 Å². The lowest BCUT2D eigenvalue weighted by Crippen LogP contribution is -2.43. The molecule has 16 heavy (non-hydrogen) atoms. The first-order valence-electron chi connectivity index (χ1n) is 5.34. The fraction of sp³-hybridized carbons (Fsp3) is 1.00. The summed E-state index contributed by atoms with van der Waals surface area (Å²) in [7, 11) is 0. The van der Waals surface area contributed by atoms with Crippen LogP contribution in [0.15, 0.2) is 0 Å². The van der Waals surface area contributed by atoms with Gasteiger partial charge in [-0.25, -0.2) is 0 Å². The number of rotatable bonds is 8. The molecule has 2 N–H and O–H groups in total. The Balaban J connectivity index is 3.47. The summed E-state index contributed by atoms with van der Waals surface area (Å²) in [6.45, 7) is 3.08. The topological polar surface area (TPSA) is 44.5 Å². The maximum atomic E-state index is 11.7. The minimum absolute atomic E-state index is 0.0664. The summed E-state index contributed by atoms with van der Waals surface area (Å²) in [6.07, 6.45) is -2.73. The SMILES string of the molecule is CCC(N)(CC)COCCOCC(F)(F)F. The van der Waals surface area contributed by atoms with Crippen molar-refractivity contribution in [1.29, 1.82) is 0 Å². The highest BCUT2D eigenvalue weighted by molar-refractivity contribution is 4.80. The zero-order chi connectivity index (χ0) is 12.7. The Labute approximate surface area is 94.1 Å². The smallest absolute Gasteiger partial charge is 0.377 e. The van der Waals surface area contributed by atoms with Gasteiger partial charge < -0.3 is 15.2 Å². The average Bonchev–Trinajstić information content (AvgIpc) is 2.21. The molecule has 98 valence electrons. The first-order valence-corrected chi connectivity index (χ1v) is 5.34. The third kappa shape index (κ3) is 7.90. The van der Waals surface area contributed by atoms with Crippen molar-refractivity contribution in [1.82, 2.24) is 0 Å². The summed E-state index contributed by atoms with van der Waals surface area (Å²) in [5.74, 6) is 0. The molecule has 0 fully saturated rings. The Morgan fingerprint density at radius 2 is 1.38 bits per heavy atom. The van der Waals surface area contributed by atoms with Crippen LogP contribution in [0.3, 0.4) is 0 Å². The maximum absolute atomic E-state index is 11.7. The van der Waals surface area contributed by atoms with Crippen LogP contribution in [0.5, 0.6) is 0 Å². The van der Waals surface area contributed by atoms with Crippen molar-refractivity contribution in [3.63, 3.8) is 0 Å². The lowest BCUT2D eigenvalue weighted by molar-refractivity contribution is -0.176. The van der Waals surface area contributed by atoms with Crippen molar-refractivity contribution < 1.29 is 22.6 Å². The molecule has 0 aliphatic carbocycles. The molecule has 0 aromatic carbocycles. The summed E-state index contributed by atoms with van der Waals surface area (Å²) >= 11 is 0. The Kier molecular flexibility index (Phi) is 6.94. The Morgan fingerprint density at radius 3 is 1.75 bits per heavy atom. The molecule has 0 radical (unpaired) electrons. The van der Waals surface area contributed by atoms with Crippen molar-refractivity contribution in [3.05, 3.63) is 0 Å². The number of ether oxygens (including phenoxy) is 2. The van der Waals surface area contributed by atoms with Crippen LogP contribution in [0.2, 0.25) is 0 Å². The average molecular weight is 243 g/mol. The van der Waals surface area contributed by atoms with Crippen LogP contribution in [0.1, 0.15) is 26.7 Å². The van der Waals surface area contributed by atoms with Gasteiger partial charge in [0.25, 0.3) is 0 Å². The summed E-state index contributed by atoms with van der Waals surface area (Å²) in [4.78, 5) is 0. The van der Waals surface area contributed by atoms with E-state index in [-0.39, 0.29) is 18.8 Å². The van der Waals surface area contributed by atoms with Gasteiger partial charge in [0.15, 0.2) is 0 Å². The predicted molar refractivity (Wildman–Crippen MR) is 55.2 cm³/mol. The number of hydrogen-bond donors (Lipinski definition) is 1. The molecular formula is C10H20F3NO2. The van der Waals surface area contributed by atoms with Crippen LogP contribution >= 0.6 is 0 Å². The van der Waals surface area contributed by atoms with Crippen LogP contribution in [0.4, 0.5) is 13.2 Å². The molecule has 0 aromatic heterocycles. The van der Waals surface area contributed by atoms with E-state index in [1.165, 1.54) is 0 Å². The molecule has 0 atom stereocenters. The standard InChI is InChI=1S/C10H20F3NO2/c1-3-9(14,4-2)7-15-5-6-16-8-10(11,12)13/h3-8,14H2,1-2H3. The van der Waals surface area contributed by atoms with Gasteiger partial charge in [-0.3, -0.25) is 0 Å². The quantitative estimate of drug-likeness (QED) is 0.664. The van der Waals surface area contributed by atoms with Gasteiger partial charge in [0.2, 0.25) is 0 Å². The van der Waals surface area contributed by atoms with E-state index in [9.17, 15) is 13.2 Å². The fourth-order valence-corrected chi connectivity index (χ4v) is 1.04. The van der Waals surface area contributed by atoms with E-state index in [4.69, 9.17) is 10.5 Å². The van der Waals surface area contributed by atoms with Gasteiger partial charge in [-0.05, 0) is 12.8 Å². The molecule has 0 aromatic rings. The van der Waals surface area contributed by atoms with Crippen LogP contribution < -0.4 is 5.73 Å². The molecule has 0 unspecified atom stereocenters. The molecule has 0 amide bonds.